The van der Waals surface area contributed by atoms with Gasteiger partial charge in [-0.25, -0.2) is 4.98 Å². The molecule has 0 unspecified atom stereocenters. The largest absolute Gasteiger partial charge is 0.455 e. The lowest BCUT2D eigenvalue weighted by Gasteiger charge is -2.27. The number of hydrogen-bond donors (Lipinski definition) is 1. The smallest absolute Gasteiger partial charge is 0.293 e. The maximum atomic E-state index is 12.4. The molecule has 6 heteroatoms. The Hall–Kier alpha value is -1.95. The third kappa shape index (κ3) is 2.59. The van der Waals surface area contributed by atoms with Gasteiger partial charge in [-0.15, -0.1) is 11.3 Å². The molecular weight excluding hydrogens is 300 g/mol. The second-order valence-corrected chi connectivity index (χ2v) is 7.40. The van der Waals surface area contributed by atoms with Crippen molar-refractivity contribution in [2.75, 3.05) is 5.32 Å². The van der Waals surface area contributed by atoms with Crippen molar-refractivity contribution in [2.45, 2.75) is 40.5 Å². The van der Waals surface area contributed by atoms with Crippen molar-refractivity contribution in [1.82, 2.24) is 4.98 Å². The second kappa shape index (κ2) is 5.05. The van der Waals surface area contributed by atoms with Gasteiger partial charge >= 0.3 is 0 Å². The molecule has 116 valence electrons. The summed E-state index contributed by atoms with van der Waals surface area (Å²) in [5.41, 5.74) is 1.93. The summed E-state index contributed by atoms with van der Waals surface area (Å²) in [5.74, 6) is 0.534. The zero-order valence-corrected chi connectivity index (χ0v) is 13.9. The van der Waals surface area contributed by atoms with Crippen LogP contribution < -0.4 is 5.32 Å². The molecule has 22 heavy (non-hydrogen) atoms. The van der Waals surface area contributed by atoms with Crippen molar-refractivity contribution < 1.29 is 14.0 Å². The molecule has 0 aliphatic heterocycles. The number of carbonyl (C=O) groups is 2. The summed E-state index contributed by atoms with van der Waals surface area (Å²) >= 11 is 1.36. The molecule has 1 aliphatic rings. The topological polar surface area (TPSA) is 72.2 Å². The average Bonchev–Trinajstić information content (AvgIpc) is 2.92. The molecule has 0 saturated heterocycles. The van der Waals surface area contributed by atoms with Gasteiger partial charge in [-0.3, -0.25) is 14.9 Å². The molecule has 0 fully saturated rings. The van der Waals surface area contributed by atoms with Gasteiger partial charge in [0.15, 0.2) is 16.7 Å². The van der Waals surface area contributed by atoms with Crippen molar-refractivity contribution in [3.63, 3.8) is 0 Å². The Bertz CT molecular complexity index is 770. The first-order valence-electron chi connectivity index (χ1n) is 7.16. The second-order valence-electron chi connectivity index (χ2n) is 6.54. The highest BCUT2D eigenvalue weighted by Crippen LogP contribution is 2.38. The van der Waals surface area contributed by atoms with Gasteiger partial charge in [0.2, 0.25) is 0 Å². The fourth-order valence-electron chi connectivity index (χ4n) is 2.86. The Morgan fingerprint density at radius 2 is 2.09 bits per heavy atom. The average molecular weight is 318 g/mol. The predicted octanol–water partition coefficient (Wildman–Crippen LogP) is 3.76. The first kappa shape index (κ1) is 15.0. The van der Waals surface area contributed by atoms with Crippen LogP contribution in [0.25, 0.3) is 0 Å². The Balaban J connectivity index is 1.93. The summed E-state index contributed by atoms with van der Waals surface area (Å²) in [4.78, 5) is 28.9. The summed E-state index contributed by atoms with van der Waals surface area (Å²) in [6, 6.07) is 0. The molecule has 2 heterocycles. The molecule has 2 aromatic heterocycles. The SMILES string of the molecule is Cc1csc(NC(=O)c2oc3c(c2C)C(=O)CC(C)(C)C3)n1. The Labute approximate surface area is 132 Å². The maximum absolute atomic E-state index is 12.4. The number of rotatable bonds is 2. The number of hydrogen-bond acceptors (Lipinski definition) is 5. The van der Waals surface area contributed by atoms with E-state index in [0.717, 1.165) is 5.69 Å². The minimum absolute atomic E-state index is 0.0524. The molecule has 0 spiro atoms. The van der Waals surface area contributed by atoms with Gasteiger partial charge in [-0.05, 0) is 19.3 Å². The van der Waals surface area contributed by atoms with Crippen LogP contribution >= 0.6 is 11.3 Å². The summed E-state index contributed by atoms with van der Waals surface area (Å²) in [6.07, 6.45) is 1.14. The molecule has 5 nitrogen and oxygen atoms in total. The van der Waals surface area contributed by atoms with Crippen molar-refractivity contribution in [3.05, 3.63) is 33.7 Å². The quantitative estimate of drug-likeness (QED) is 0.915. The van der Waals surface area contributed by atoms with Gasteiger partial charge in [-0.1, -0.05) is 13.8 Å². The number of aryl methyl sites for hydroxylation is 1. The van der Waals surface area contributed by atoms with Crippen LogP contribution in [0, 0.1) is 19.3 Å². The van der Waals surface area contributed by atoms with E-state index in [1.807, 2.05) is 26.2 Å². The number of Topliss-reactive ketones (excluding diaryl/α,β-unsaturated/α-hetero) is 1. The van der Waals surface area contributed by atoms with Crippen molar-refractivity contribution in [3.8, 4) is 0 Å². The normalized spacial score (nSPS) is 16.5. The summed E-state index contributed by atoms with van der Waals surface area (Å²) < 4.78 is 5.73. The van der Waals surface area contributed by atoms with E-state index >= 15 is 0 Å². The third-order valence-corrected chi connectivity index (χ3v) is 4.70. The fraction of sp³-hybridized carbons (Fsp3) is 0.438. The number of amides is 1. The van der Waals surface area contributed by atoms with E-state index in [1.165, 1.54) is 11.3 Å². The number of ketones is 1. The van der Waals surface area contributed by atoms with E-state index in [-0.39, 0.29) is 22.9 Å². The molecule has 0 aromatic carbocycles. The lowest BCUT2D eigenvalue weighted by Crippen LogP contribution is -2.26. The Morgan fingerprint density at radius 1 is 1.36 bits per heavy atom. The number of fused-ring (bicyclic) bond motifs is 1. The molecule has 0 radical (unpaired) electrons. The number of anilines is 1. The van der Waals surface area contributed by atoms with Gasteiger partial charge in [0.25, 0.3) is 5.91 Å². The molecule has 1 amide bonds. The number of furan rings is 1. The number of aromatic nitrogens is 1. The number of thiazole rings is 1. The molecule has 3 rings (SSSR count). The van der Waals surface area contributed by atoms with Gasteiger partial charge in [0, 0.05) is 23.8 Å². The van der Waals surface area contributed by atoms with Crippen LogP contribution in [0.1, 0.15) is 58.2 Å². The molecule has 0 saturated carbocycles. The van der Waals surface area contributed by atoms with Gasteiger partial charge in [0.1, 0.15) is 5.76 Å². The molecule has 0 bridgehead atoms. The van der Waals surface area contributed by atoms with Gasteiger partial charge in [0.05, 0.1) is 11.3 Å². The van der Waals surface area contributed by atoms with Crippen LogP contribution in [0.2, 0.25) is 0 Å². The first-order valence-corrected chi connectivity index (χ1v) is 8.04. The minimum Gasteiger partial charge on any atom is -0.455 e. The minimum atomic E-state index is -0.355. The van der Waals surface area contributed by atoms with E-state index in [1.54, 1.807) is 6.92 Å². The Kier molecular flexibility index (Phi) is 3.44. The third-order valence-electron chi connectivity index (χ3n) is 3.82. The molecule has 0 atom stereocenters. The number of nitrogens with zero attached hydrogens (tertiary/aromatic N) is 1. The van der Waals surface area contributed by atoms with Crippen LogP contribution in [-0.4, -0.2) is 16.7 Å². The van der Waals surface area contributed by atoms with Gasteiger partial charge < -0.3 is 4.42 Å². The lowest BCUT2D eigenvalue weighted by molar-refractivity contribution is 0.0898. The monoisotopic (exact) mass is 318 g/mol. The van der Waals surface area contributed by atoms with E-state index < -0.39 is 0 Å². The van der Waals surface area contributed by atoms with Crippen LogP contribution in [0.3, 0.4) is 0 Å². The fourth-order valence-corrected chi connectivity index (χ4v) is 3.55. The van der Waals surface area contributed by atoms with E-state index in [2.05, 4.69) is 10.3 Å². The predicted molar refractivity (Wildman–Crippen MR) is 84.7 cm³/mol. The molecule has 1 aliphatic carbocycles. The van der Waals surface area contributed by atoms with Gasteiger partial charge in [-0.2, -0.15) is 0 Å². The van der Waals surface area contributed by atoms with Crippen LogP contribution in [0.15, 0.2) is 9.80 Å². The highest BCUT2D eigenvalue weighted by Gasteiger charge is 2.37. The Morgan fingerprint density at radius 3 is 2.73 bits per heavy atom. The van der Waals surface area contributed by atoms with E-state index in [9.17, 15) is 9.59 Å². The van der Waals surface area contributed by atoms with Crippen LogP contribution in [0.4, 0.5) is 5.13 Å². The van der Waals surface area contributed by atoms with E-state index in [0.29, 0.717) is 34.9 Å². The number of carbonyl (C=O) groups excluding carboxylic acids is 2. The summed E-state index contributed by atoms with van der Waals surface area (Å²) in [5, 5.41) is 5.12. The zero-order chi connectivity index (χ0) is 16.1. The standard InChI is InChI=1S/C16H18N2O3S/c1-8-7-22-15(17-8)18-14(20)13-9(2)12-10(19)5-16(3,4)6-11(12)21-13/h7H,5-6H2,1-4H3,(H,17,18,20). The molecule has 1 N–H and O–H groups in total. The maximum Gasteiger partial charge on any atom is 0.293 e. The molecular formula is C16H18N2O3S. The van der Waals surface area contributed by atoms with Crippen molar-refractivity contribution in [1.29, 1.82) is 0 Å². The van der Waals surface area contributed by atoms with E-state index in [4.69, 9.17) is 4.42 Å². The molecule has 2 aromatic rings. The van der Waals surface area contributed by atoms with Crippen LogP contribution in [-0.2, 0) is 6.42 Å². The number of nitrogens with one attached hydrogen (secondary N) is 1. The highest BCUT2D eigenvalue weighted by molar-refractivity contribution is 7.13. The van der Waals surface area contributed by atoms with Crippen LogP contribution in [0.5, 0.6) is 0 Å². The lowest BCUT2D eigenvalue weighted by atomic mass is 9.76. The highest BCUT2D eigenvalue weighted by atomic mass is 32.1. The first-order chi connectivity index (χ1) is 10.3. The zero-order valence-electron chi connectivity index (χ0n) is 13.1. The van der Waals surface area contributed by atoms with Crippen molar-refractivity contribution in [2.24, 2.45) is 5.41 Å². The summed E-state index contributed by atoms with van der Waals surface area (Å²) in [7, 11) is 0. The van der Waals surface area contributed by atoms with Crippen molar-refractivity contribution >= 4 is 28.2 Å². The summed E-state index contributed by atoms with van der Waals surface area (Å²) in [6.45, 7) is 7.69.